The molecule has 124 valence electrons. The molecule has 0 unspecified atom stereocenters. The fraction of sp³-hybridized carbons (Fsp3) is 0.353. The van der Waals surface area contributed by atoms with E-state index in [0.717, 1.165) is 46.5 Å². The molecule has 6 nitrogen and oxygen atoms in total. The molecule has 0 atom stereocenters. The minimum atomic E-state index is 0.611. The second-order valence-corrected chi connectivity index (χ2v) is 6.42. The molecule has 4 rings (SSSR count). The summed E-state index contributed by atoms with van der Waals surface area (Å²) in [5.41, 5.74) is 1.88. The lowest BCUT2D eigenvalue weighted by atomic mass is 10.2. The van der Waals surface area contributed by atoms with Gasteiger partial charge in [0.05, 0.1) is 11.6 Å². The Bertz CT molecular complexity index is 869. The standard InChI is InChI=1S/C17H19ClN6/c1-23-16-13(11-20-23)15(19-10-12-6-2-3-7-14(12)18)21-17(22-16)24-8-4-5-9-24/h2-3,6-7,11H,4-5,8-10H2,1H3,(H,19,21,22). The summed E-state index contributed by atoms with van der Waals surface area (Å²) >= 11 is 6.25. The van der Waals surface area contributed by atoms with Crippen LogP contribution in [-0.4, -0.2) is 32.8 Å². The molecule has 0 amide bonds. The van der Waals surface area contributed by atoms with Gasteiger partial charge in [-0.15, -0.1) is 0 Å². The number of benzene rings is 1. The van der Waals surface area contributed by atoms with Crippen LogP contribution >= 0.6 is 11.6 Å². The van der Waals surface area contributed by atoms with Gasteiger partial charge < -0.3 is 10.2 Å². The van der Waals surface area contributed by atoms with Gasteiger partial charge >= 0.3 is 0 Å². The maximum Gasteiger partial charge on any atom is 0.229 e. The molecule has 1 aliphatic heterocycles. The molecular formula is C17H19ClN6. The van der Waals surface area contributed by atoms with Crippen molar-refractivity contribution >= 4 is 34.4 Å². The van der Waals surface area contributed by atoms with Crippen molar-refractivity contribution in [1.29, 1.82) is 0 Å². The smallest absolute Gasteiger partial charge is 0.229 e. The highest BCUT2D eigenvalue weighted by Gasteiger charge is 2.19. The second-order valence-electron chi connectivity index (χ2n) is 6.02. The molecule has 1 N–H and O–H groups in total. The van der Waals surface area contributed by atoms with E-state index in [1.54, 1.807) is 10.9 Å². The summed E-state index contributed by atoms with van der Waals surface area (Å²) in [5, 5.41) is 9.41. The average Bonchev–Trinajstić information content (AvgIpc) is 3.24. The van der Waals surface area contributed by atoms with Gasteiger partial charge in [-0.3, -0.25) is 4.68 Å². The molecule has 1 aliphatic rings. The largest absolute Gasteiger partial charge is 0.365 e. The predicted octanol–water partition coefficient (Wildman–Crippen LogP) is 3.23. The molecule has 2 aromatic heterocycles. The molecule has 0 radical (unpaired) electrons. The van der Waals surface area contributed by atoms with E-state index in [2.05, 4.69) is 15.3 Å². The molecule has 1 saturated heterocycles. The Labute approximate surface area is 145 Å². The van der Waals surface area contributed by atoms with Crippen molar-refractivity contribution in [3.8, 4) is 0 Å². The van der Waals surface area contributed by atoms with Crippen LogP contribution in [0.3, 0.4) is 0 Å². The first-order valence-electron chi connectivity index (χ1n) is 8.14. The minimum absolute atomic E-state index is 0.611. The second kappa shape index (κ2) is 6.28. The zero-order chi connectivity index (χ0) is 16.5. The molecule has 1 fully saturated rings. The van der Waals surface area contributed by atoms with E-state index in [0.29, 0.717) is 6.54 Å². The number of hydrogen-bond acceptors (Lipinski definition) is 5. The first-order chi connectivity index (χ1) is 11.7. The summed E-state index contributed by atoms with van der Waals surface area (Å²) in [4.78, 5) is 11.7. The molecule has 24 heavy (non-hydrogen) atoms. The number of anilines is 2. The molecule has 7 heteroatoms. The number of aryl methyl sites for hydroxylation is 1. The number of aromatic nitrogens is 4. The van der Waals surface area contributed by atoms with Gasteiger partial charge in [0.15, 0.2) is 5.65 Å². The zero-order valence-electron chi connectivity index (χ0n) is 13.5. The fourth-order valence-corrected chi connectivity index (χ4v) is 3.23. The van der Waals surface area contributed by atoms with Crippen molar-refractivity contribution < 1.29 is 0 Å². The van der Waals surface area contributed by atoms with Crippen molar-refractivity contribution in [2.24, 2.45) is 7.05 Å². The first kappa shape index (κ1) is 15.2. The van der Waals surface area contributed by atoms with Crippen LogP contribution in [0, 0.1) is 0 Å². The van der Waals surface area contributed by atoms with Crippen molar-refractivity contribution in [3.05, 3.63) is 41.0 Å². The fourth-order valence-electron chi connectivity index (χ4n) is 3.02. The van der Waals surface area contributed by atoms with E-state index >= 15 is 0 Å². The summed E-state index contributed by atoms with van der Waals surface area (Å²) in [6.07, 6.45) is 4.18. The van der Waals surface area contributed by atoms with Crippen LogP contribution in [0.4, 0.5) is 11.8 Å². The van der Waals surface area contributed by atoms with E-state index in [9.17, 15) is 0 Å². The van der Waals surface area contributed by atoms with Crippen LogP contribution in [-0.2, 0) is 13.6 Å². The van der Waals surface area contributed by atoms with Gasteiger partial charge in [0.25, 0.3) is 0 Å². The molecule has 0 bridgehead atoms. The predicted molar refractivity (Wildman–Crippen MR) is 96.5 cm³/mol. The Morgan fingerprint density at radius 3 is 2.75 bits per heavy atom. The highest BCUT2D eigenvalue weighted by atomic mass is 35.5. The molecule has 3 aromatic rings. The number of nitrogens with one attached hydrogen (secondary N) is 1. The van der Waals surface area contributed by atoms with Gasteiger partial charge in [-0.05, 0) is 24.5 Å². The maximum atomic E-state index is 6.25. The Morgan fingerprint density at radius 2 is 1.96 bits per heavy atom. The van der Waals surface area contributed by atoms with Gasteiger partial charge in [-0.1, -0.05) is 29.8 Å². The maximum absolute atomic E-state index is 6.25. The van der Waals surface area contributed by atoms with Crippen molar-refractivity contribution in [3.63, 3.8) is 0 Å². The lowest BCUT2D eigenvalue weighted by molar-refractivity contribution is 0.782. The monoisotopic (exact) mass is 342 g/mol. The molecule has 0 aliphatic carbocycles. The lowest BCUT2D eigenvalue weighted by Gasteiger charge is -2.17. The molecule has 1 aromatic carbocycles. The highest BCUT2D eigenvalue weighted by Crippen LogP contribution is 2.26. The highest BCUT2D eigenvalue weighted by molar-refractivity contribution is 6.31. The third kappa shape index (κ3) is 2.78. The Morgan fingerprint density at radius 1 is 1.17 bits per heavy atom. The normalized spacial score (nSPS) is 14.5. The summed E-state index contributed by atoms with van der Waals surface area (Å²) in [6, 6.07) is 7.83. The van der Waals surface area contributed by atoms with E-state index in [4.69, 9.17) is 21.6 Å². The lowest BCUT2D eigenvalue weighted by Crippen LogP contribution is -2.21. The number of nitrogens with zero attached hydrogens (tertiary/aromatic N) is 5. The van der Waals surface area contributed by atoms with Crippen molar-refractivity contribution in [2.75, 3.05) is 23.3 Å². The van der Waals surface area contributed by atoms with Gasteiger partial charge in [-0.25, -0.2) is 0 Å². The van der Waals surface area contributed by atoms with Crippen LogP contribution in [0.15, 0.2) is 30.5 Å². The van der Waals surface area contributed by atoms with Crippen LogP contribution in [0.5, 0.6) is 0 Å². The third-order valence-corrected chi connectivity index (χ3v) is 4.74. The van der Waals surface area contributed by atoms with Crippen LogP contribution in [0.25, 0.3) is 11.0 Å². The van der Waals surface area contributed by atoms with Crippen LogP contribution in [0.2, 0.25) is 5.02 Å². The van der Waals surface area contributed by atoms with E-state index in [-0.39, 0.29) is 0 Å². The van der Waals surface area contributed by atoms with E-state index < -0.39 is 0 Å². The SMILES string of the molecule is Cn1ncc2c(NCc3ccccc3Cl)nc(N3CCCC3)nc21. The molecule has 3 heterocycles. The number of fused-ring (bicyclic) bond motifs is 1. The van der Waals surface area contributed by atoms with Crippen molar-refractivity contribution in [1.82, 2.24) is 19.7 Å². The molecular weight excluding hydrogens is 324 g/mol. The van der Waals surface area contributed by atoms with Gasteiger partial charge in [-0.2, -0.15) is 15.1 Å². The van der Waals surface area contributed by atoms with Gasteiger partial charge in [0.1, 0.15) is 5.82 Å². The quantitative estimate of drug-likeness (QED) is 0.788. The van der Waals surface area contributed by atoms with Gasteiger partial charge in [0.2, 0.25) is 5.95 Å². The Balaban J connectivity index is 1.69. The van der Waals surface area contributed by atoms with Crippen LogP contribution in [0.1, 0.15) is 18.4 Å². The summed E-state index contributed by atoms with van der Waals surface area (Å²) in [6.45, 7) is 2.63. The zero-order valence-corrected chi connectivity index (χ0v) is 14.3. The van der Waals surface area contributed by atoms with Crippen LogP contribution < -0.4 is 10.2 Å². The van der Waals surface area contributed by atoms with Crippen molar-refractivity contribution in [2.45, 2.75) is 19.4 Å². The topological polar surface area (TPSA) is 58.9 Å². The minimum Gasteiger partial charge on any atom is -0.365 e. The number of hydrogen-bond donors (Lipinski definition) is 1. The number of rotatable bonds is 4. The third-order valence-electron chi connectivity index (χ3n) is 4.37. The van der Waals surface area contributed by atoms with E-state index in [1.165, 1.54) is 12.8 Å². The molecule has 0 saturated carbocycles. The summed E-state index contributed by atoms with van der Waals surface area (Å²) in [5.74, 6) is 1.57. The summed E-state index contributed by atoms with van der Waals surface area (Å²) in [7, 11) is 1.90. The average molecular weight is 343 g/mol. The Kier molecular flexibility index (Phi) is 3.98. The van der Waals surface area contributed by atoms with Gasteiger partial charge in [0, 0.05) is 31.7 Å². The first-order valence-corrected chi connectivity index (χ1v) is 8.52. The van der Waals surface area contributed by atoms with E-state index in [1.807, 2.05) is 31.3 Å². The molecule has 0 spiro atoms. The number of halogens is 1. The summed E-state index contributed by atoms with van der Waals surface area (Å²) < 4.78 is 1.79. The Hall–Kier alpha value is -2.34.